The van der Waals surface area contributed by atoms with Gasteiger partial charge in [0.2, 0.25) is 5.91 Å². The highest BCUT2D eigenvalue weighted by atomic mass is 35.5. The molecule has 24 heavy (non-hydrogen) atoms. The van der Waals surface area contributed by atoms with Gasteiger partial charge in [0.15, 0.2) is 0 Å². The summed E-state index contributed by atoms with van der Waals surface area (Å²) >= 11 is 0. The fraction of sp³-hybridized carbons (Fsp3) is 0.941. The molecular weight excluding hydrogens is 349 g/mol. The Morgan fingerprint density at radius 2 is 2.04 bits per heavy atom. The summed E-state index contributed by atoms with van der Waals surface area (Å²) in [4.78, 5) is 15.0. The number of fused-ring (bicyclic) bond motifs is 1. The molecule has 4 unspecified atom stereocenters. The van der Waals surface area contributed by atoms with Crippen molar-refractivity contribution in [3.05, 3.63) is 0 Å². The minimum atomic E-state index is -0.799. The van der Waals surface area contributed by atoms with E-state index in [2.05, 4.69) is 45.0 Å². The summed E-state index contributed by atoms with van der Waals surface area (Å²) < 4.78 is 5.86. The second kappa shape index (κ2) is 9.04. The smallest absolute Gasteiger partial charge is 0.241 e. The molecule has 5 nitrogen and oxygen atoms in total. The average molecular weight is 384 g/mol. The second-order valence-corrected chi connectivity index (χ2v) is 7.62. The third kappa shape index (κ3) is 3.85. The van der Waals surface area contributed by atoms with Gasteiger partial charge in [0, 0.05) is 37.1 Å². The molecule has 1 amide bonds. The van der Waals surface area contributed by atoms with E-state index in [1.165, 1.54) is 0 Å². The number of carbonyl (C=O) groups excluding carboxylic acids is 1. The molecule has 1 aliphatic carbocycles. The zero-order valence-corrected chi connectivity index (χ0v) is 17.3. The van der Waals surface area contributed by atoms with Crippen LogP contribution in [0.1, 0.15) is 47.0 Å². The second-order valence-electron chi connectivity index (χ2n) is 7.62. The number of hydrogen-bond acceptors (Lipinski definition) is 4. The first-order valence-electron chi connectivity index (χ1n) is 8.65. The molecule has 2 fully saturated rings. The summed E-state index contributed by atoms with van der Waals surface area (Å²) in [5, 5.41) is 3.06. The van der Waals surface area contributed by atoms with Crippen LogP contribution in [-0.2, 0) is 9.53 Å². The van der Waals surface area contributed by atoms with Gasteiger partial charge in [-0.25, -0.2) is 0 Å². The molecule has 3 N–H and O–H groups in total. The number of halogens is 2. The molecular formula is C17H35Cl2N3O2. The van der Waals surface area contributed by atoms with Crippen LogP contribution in [0.4, 0.5) is 0 Å². The van der Waals surface area contributed by atoms with Gasteiger partial charge in [-0.15, -0.1) is 24.8 Å². The van der Waals surface area contributed by atoms with Gasteiger partial charge in [-0.1, -0.05) is 20.8 Å². The molecule has 2 aliphatic rings. The Labute approximate surface area is 159 Å². The predicted molar refractivity (Wildman–Crippen MR) is 103 cm³/mol. The van der Waals surface area contributed by atoms with Gasteiger partial charge in [0.05, 0.1) is 6.10 Å². The molecule has 0 aromatic heterocycles. The minimum absolute atomic E-state index is 0. The van der Waals surface area contributed by atoms with Gasteiger partial charge in [-0.05, 0) is 33.2 Å². The number of nitrogens with one attached hydrogen (secondary N) is 1. The molecule has 144 valence electrons. The highest BCUT2D eigenvalue weighted by Gasteiger charge is 2.70. The Morgan fingerprint density at radius 3 is 2.62 bits per heavy atom. The van der Waals surface area contributed by atoms with Crippen LogP contribution in [0.15, 0.2) is 0 Å². The molecule has 4 atom stereocenters. The lowest BCUT2D eigenvalue weighted by molar-refractivity contribution is -0.225. The SMILES string of the molecule is CCC(C)N(C)CCNC(=O)C1(N)C2CCCOC2C1(C)C.Cl.Cl. The van der Waals surface area contributed by atoms with E-state index in [9.17, 15) is 4.79 Å². The highest BCUT2D eigenvalue weighted by Crippen LogP contribution is 2.57. The number of nitrogens with zero attached hydrogens (tertiary/aromatic N) is 1. The van der Waals surface area contributed by atoms with Crippen molar-refractivity contribution in [3.8, 4) is 0 Å². The van der Waals surface area contributed by atoms with Crippen LogP contribution in [0.3, 0.4) is 0 Å². The molecule has 1 heterocycles. The Morgan fingerprint density at radius 1 is 1.42 bits per heavy atom. The monoisotopic (exact) mass is 383 g/mol. The number of hydrogen-bond donors (Lipinski definition) is 2. The van der Waals surface area contributed by atoms with Gasteiger partial charge < -0.3 is 20.7 Å². The van der Waals surface area contributed by atoms with Crippen molar-refractivity contribution in [1.82, 2.24) is 10.2 Å². The maximum atomic E-state index is 12.7. The molecule has 1 saturated heterocycles. The quantitative estimate of drug-likeness (QED) is 0.737. The van der Waals surface area contributed by atoms with Crippen molar-refractivity contribution in [2.24, 2.45) is 17.1 Å². The summed E-state index contributed by atoms with van der Waals surface area (Å²) in [6, 6.07) is 0.528. The molecule has 0 bridgehead atoms. The molecule has 2 rings (SSSR count). The lowest BCUT2D eigenvalue weighted by atomic mass is 9.46. The number of amides is 1. The number of nitrogens with two attached hydrogens (primary N) is 1. The predicted octanol–water partition coefficient (Wildman–Crippen LogP) is 2.21. The molecule has 1 aliphatic heterocycles. The van der Waals surface area contributed by atoms with Crippen LogP contribution >= 0.6 is 24.8 Å². The Kier molecular flexibility index (Phi) is 9.01. The van der Waals surface area contributed by atoms with E-state index in [4.69, 9.17) is 10.5 Å². The van der Waals surface area contributed by atoms with E-state index in [-0.39, 0.29) is 48.2 Å². The van der Waals surface area contributed by atoms with Crippen molar-refractivity contribution in [2.45, 2.75) is 64.6 Å². The molecule has 0 spiro atoms. The average Bonchev–Trinajstić information content (AvgIpc) is 2.52. The zero-order chi connectivity index (χ0) is 16.5. The van der Waals surface area contributed by atoms with Gasteiger partial charge in [-0.2, -0.15) is 0 Å². The number of rotatable bonds is 6. The van der Waals surface area contributed by atoms with Gasteiger partial charge in [0.25, 0.3) is 0 Å². The fourth-order valence-corrected chi connectivity index (χ4v) is 4.06. The summed E-state index contributed by atoms with van der Waals surface area (Å²) in [5.74, 6) is 0.144. The third-order valence-corrected chi connectivity index (χ3v) is 6.15. The summed E-state index contributed by atoms with van der Waals surface area (Å²) in [6.07, 6.45) is 3.23. The van der Waals surface area contributed by atoms with Crippen LogP contribution in [0.25, 0.3) is 0 Å². The minimum Gasteiger partial charge on any atom is -0.377 e. The largest absolute Gasteiger partial charge is 0.377 e. The Bertz CT molecular complexity index is 423. The van der Waals surface area contributed by atoms with E-state index in [0.717, 1.165) is 32.4 Å². The molecule has 1 saturated carbocycles. The van der Waals surface area contributed by atoms with Crippen molar-refractivity contribution in [3.63, 3.8) is 0 Å². The molecule has 0 aromatic carbocycles. The highest BCUT2D eigenvalue weighted by molar-refractivity contribution is 5.89. The van der Waals surface area contributed by atoms with E-state index >= 15 is 0 Å². The molecule has 0 aromatic rings. The topological polar surface area (TPSA) is 67.6 Å². The van der Waals surface area contributed by atoms with Crippen LogP contribution in [0.5, 0.6) is 0 Å². The summed E-state index contributed by atoms with van der Waals surface area (Å²) in [6.45, 7) is 10.8. The fourth-order valence-electron chi connectivity index (χ4n) is 4.06. The van der Waals surface area contributed by atoms with E-state index in [1.807, 2.05) is 0 Å². The van der Waals surface area contributed by atoms with Gasteiger partial charge in [0.1, 0.15) is 5.54 Å². The van der Waals surface area contributed by atoms with Crippen molar-refractivity contribution < 1.29 is 9.53 Å². The third-order valence-electron chi connectivity index (χ3n) is 6.15. The normalized spacial score (nSPS) is 31.8. The maximum Gasteiger partial charge on any atom is 0.241 e. The molecule has 0 radical (unpaired) electrons. The van der Waals surface area contributed by atoms with E-state index in [0.29, 0.717) is 12.6 Å². The molecule has 7 heteroatoms. The lowest BCUT2D eigenvalue weighted by Gasteiger charge is -2.65. The van der Waals surface area contributed by atoms with Crippen molar-refractivity contribution in [2.75, 3.05) is 26.7 Å². The zero-order valence-electron chi connectivity index (χ0n) is 15.6. The number of likely N-dealkylation sites (N-methyl/N-ethyl adjacent to an activating group) is 1. The Hall–Kier alpha value is -0.0700. The maximum absolute atomic E-state index is 12.7. The Balaban J connectivity index is 0.00000264. The standard InChI is InChI=1S/C17H33N3O2.2ClH/c1-6-12(2)20(5)10-9-19-15(21)17(18)13-8-7-11-22-14(13)16(17,3)4;;/h12-14H,6-11,18H2,1-5H3,(H,19,21);2*1H. The van der Waals surface area contributed by atoms with E-state index < -0.39 is 5.54 Å². The van der Waals surface area contributed by atoms with E-state index in [1.54, 1.807) is 0 Å². The summed E-state index contributed by atoms with van der Waals surface area (Å²) in [7, 11) is 2.09. The van der Waals surface area contributed by atoms with Crippen molar-refractivity contribution >= 4 is 30.7 Å². The van der Waals surface area contributed by atoms with Gasteiger partial charge >= 0.3 is 0 Å². The van der Waals surface area contributed by atoms with Crippen molar-refractivity contribution in [1.29, 1.82) is 0 Å². The lowest BCUT2D eigenvalue weighted by Crippen LogP contribution is -2.82. The number of carbonyl (C=O) groups is 1. The van der Waals surface area contributed by atoms with Crippen LogP contribution in [-0.4, -0.2) is 55.2 Å². The van der Waals surface area contributed by atoms with Crippen LogP contribution in [0, 0.1) is 11.3 Å². The van der Waals surface area contributed by atoms with Crippen LogP contribution in [0.2, 0.25) is 0 Å². The first-order chi connectivity index (χ1) is 10.3. The first-order valence-corrected chi connectivity index (χ1v) is 8.65. The van der Waals surface area contributed by atoms with Crippen LogP contribution < -0.4 is 11.1 Å². The summed E-state index contributed by atoms with van der Waals surface area (Å²) in [5.41, 5.74) is 5.48. The van der Waals surface area contributed by atoms with Gasteiger partial charge in [-0.3, -0.25) is 4.79 Å². The first kappa shape index (κ1) is 23.9. The number of ether oxygens (including phenoxy) is 1.